The fraction of sp³-hybridized carbons (Fsp3) is 0.286. The van der Waals surface area contributed by atoms with E-state index in [0.717, 1.165) is 23.1 Å². The average molecular weight is 245 g/mol. The summed E-state index contributed by atoms with van der Waals surface area (Å²) in [7, 11) is 0. The SMILES string of the molecule is O=C(O)CCCCOc1ccc2cccnc2c1. The Hall–Kier alpha value is -2.10. The van der Waals surface area contributed by atoms with Crippen molar-refractivity contribution in [3.8, 4) is 5.75 Å². The van der Waals surface area contributed by atoms with Gasteiger partial charge < -0.3 is 9.84 Å². The minimum absolute atomic E-state index is 0.197. The van der Waals surface area contributed by atoms with Crippen LogP contribution in [-0.2, 0) is 4.79 Å². The van der Waals surface area contributed by atoms with Crippen molar-refractivity contribution in [3.05, 3.63) is 36.5 Å². The second-order valence-corrected chi connectivity index (χ2v) is 4.06. The summed E-state index contributed by atoms with van der Waals surface area (Å²) >= 11 is 0. The predicted octanol–water partition coefficient (Wildman–Crippen LogP) is 2.87. The number of carboxylic acid groups (broad SMARTS) is 1. The molecule has 1 aromatic carbocycles. The van der Waals surface area contributed by atoms with Crippen molar-refractivity contribution in [2.24, 2.45) is 0 Å². The van der Waals surface area contributed by atoms with Crippen LogP contribution in [0.25, 0.3) is 10.9 Å². The number of unbranched alkanes of at least 4 members (excludes halogenated alkanes) is 1. The van der Waals surface area contributed by atoms with Gasteiger partial charge in [-0.2, -0.15) is 0 Å². The molecule has 1 N–H and O–H groups in total. The number of carboxylic acids is 1. The lowest BCUT2D eigenvalue weighted by atomic mass is 10.2. The molecular weight excluding hydrogens is 230 g/mol. The fourth-order valence-electron chi connectivity index (χ4n) is 1.70. The van der Waals surface area contributed by atoms with Crippen molar-refractivity contribution in [1.82, 2.24) is 4.98 Å². The summed E-state index contributed by atoms with van der Waals surface area (Å²) in [5.41, 5.74) is 0.903. The Morgan fingerprint density at radius 3 is 3.00 bits per heavy atom. The van der Waals surface area contributed by atoms with Gasteiger partial charge in [-0.3, -0.25) is 9.78 Å². The maximum absolute atomic E-state index is 10.3. The fourth-order valence-corrected chi connectivity index (χ4v) is 1.70. The van der Waals surface area contributed by atoms with Crippen LogP contribution in [0.5, 0.6) is 5.75 Å². The van der Waals surface area contributed by atoms with Crippen molar-refractivity contribution in [2.45, 2.75) is 19.3 Å². The molecular formula is C14H15NO3. The van der Waals surface area contributed by atoms with Crippen molar-refractivity contribution in [3.63, 3.8) is 0 Å². The second-order valence-electron chi connectivity index (χ2n) is 4.06. The van der Waals surface area contributed by atoms with Gasteiger partial charge in [-0.15, -0.1) is 0 Å². The van der Waals surface area contributed by atoms with Crippen LogP contribution in [0.1, 0.15) is 19.3 Å². The number of ether oxygens (including phenoxy) is 1. The molecule has 0 bridgehead atoms. The maximum atomic E-state index is 10.3. The molecule has 0 spiro atoms. The third kappa shape index (κ3) is 3.45. The molecule has 0 saturated carbocycles. The van der Waals surface area contributed by atoms with E-state index in [0.29, 0.717) is 13.0 Å². The van der Waals surface area contributed by atoms with Crippen molar-refractivity contribution in [2.75, 3.05) is 6.61 Å². The van der Waals surface area contributed by atoms with Crippen LogP contribution in [0.3, 0.4) is 0 Å². The zero-order valence-corrected chi connectivity index (χ0v) is 10.0. The van der Waals surface area contributed by atoms with E-state index in [9.17, 15) is 4.79 Å². The lowest BCUT2D eigenvalue weighted by Crippen LogP contribution is -2.00. The van der Waals surface area contributed by atoms with E-state index in [-0.39, 0.29) is 6.42 Å². The molecule has 18 heavy (non-hydrogen) atoms. The summed E-state index contributed by atoms with van der Waals surface area (Å²) in [6.07, 6.45) is 3.33. The highest BCUT2D eigenvalue weighted by Crippen LogP contribution is 2.18. The molecule has 0 fully saturated rings. The van der Waals surface area contributed by atoms with Crippen LogP contribution in [0.4, 0.5) is 0 Å². The molecule has 94 valence electrons. The van der Waals surface area contributed by atoms with Crippen molar-refractivity contribution in [1.29, 1.82) is 0 Å². The zero-order chi connectivity index (χ0) is 12.8. The Bertz CT molecular complexity index is 539. The Labute approximate surface area is 105 Å². The van der Waals surface area contributed by atoms with Gasteiger partial charge in [0.2, 0.25) is 0 Å². The van der Waals surface area contributed by atoms with Crippen molar-refractivity contribution < 1.29 is 14.6 Å². The Balaban J connectivity index is 1.86. The first-order valence-corrected chi connectivity index (χ1v) is 5.95. The van der Waals surface area contributed by atoms with E-state index in [1.807, 2.05) is 30.3 Å². The molecule has 0 aliphatic rings. The van der Waals surface area contributed by atoms with Gasteiger partial charge in [-0.25, -0.2) is 0 Å². The van der Waals surface area contributed by atoms with Crippen LogP contribution in [0, 0.1) is 0 Å². The largest absolute Gasteiger partial charge is 0.494 e. The van der Waals surface area contributed by atoms with Crippen LogP contribution in [0.2, 0.25) is 0 Å². The van der Waals surface area contributed by atoms with Gasteiger partial charge in [0.1, 0.15) is 5.75 Å². The average Bonchev–Trinajstić information content (AvgIpc) is 2.38. The molecule has 2 rings (SSSR count). The summed E-state index contributed by atoms with van der Waals surface area (Å²) in [5.74, 6) is 0.0152. The highest BCUT2D eigenvalue weighted by Gasteiger charge is 1.99. The normalized spacial score (nSPS) is 10.4. The number of rotatable bonds is 6. The minimum atomic E-state index is -0.759. The monoisotopic (exact) mass is 245 g/mol. The molecule has 2 aromatic rings. The molecule has 1 heterocycles. The summed E-state index contributed by atoms with van der Waals surface area (Å²) in [5, 5.41) is 9.58. The summed E-state index contributed by atoms with van der Waals surface area (Å²) in [6.45, 7) is 0.533. The van der Waals surface area contributed by atoms with Crippen LogP contribution in [-0.4, -0.2) is 22.7 Å². The summed E-state index contributed by atoms with van der Waals surface area (Å²) in [4.78, 5) is 14.6. The number of aliphatic carboxylic acids is 1. The number of pyridine rings is 1. The van der Waals surface area contributed by atoms with Gasteiger partial charge in [0.05, 0.1) is 12.1 Å². The first-order valence-electron chi connectivity index (χ1n) is 5.95. The zero-order valence-electron chi connectivity index (χ0n) is 10.0. The van der Waals surface area contributed by atoms with Gasteiger partial charge in [-0.05, 0) is 31.0 Å². The van der Waals surface area contributed by atoms with Gasteiger partial charge in [0.25, 0.3) is 0 Å². The molecule has 0 unspecified atom stereocenters. The maximum Gasteiger partial charge on any atom is 0.303 e. The number of aromatic nitrogens is 1. The summed E-state index contributed by atoms with van der Waals surface area (Å²) in [6, 6.07) is 9.66. The lowest BCUT2D eigenvalue weighted by Gasteiger charge is -2.06. The van der Waals surface area contributed by atoms with Gasteiger partial charge >= 0.3 is 5.97 Å². The number of hydrogen-bond acceptors (Lipinski definition) is 3. The van der Waals surface area contributed by atoms with Gasteiger partial charge in [0.15, 0.2) is 0 Å². The van der Waals surface area contributed by atoms with Gasteiger partial charge in [0, 0.05) is 24.1 Å². The Kier molecular flexibility index (Phi) is 4.12. The number of fused-ring (bicyclic) bond motifs is 1. The third-order valence-corrected chi connectivity index (χ3v) is 2.63. The highest BCUT2D eigenvalue weighted by atomic mass is 16.5. The first kappa shape index (κ1) is 12.4. The van der Waals surface area contributed by atoms with Crippen LogP contribution < -0.4 is 4.74 Å². The van der Waals surface area contributed by atoms with E-state index in [2.05, 4.69) is 4.98 Å². The smallest absolute Gasteiger partial charge is 0.303 e. The minimum Gasteiger partial charge on any atom is -0.494 e. The molecule has 4 nitrogen and oxygen atoms in total. The highest BCUT2D eigenvalue weighted by molar-refractivity contribution is 5.79. The third-order valence-electron chi connectivity index (χ3n) is 2.63. The predicted molar refractivity (Wildman–Crippen MR) is 68.7 cm³/mol. The van der Waals surface area contributed by atoms with E-state index in [4.69, 9.17) is 9.84 Å². The Morgan fingerprint density at radius 1 is 1.28 bits per heavy atom. The number of carbonyl (C=O) groups is 1. The molecule has 1 aromatic heterocycles. The van der Waals surface area contributed by atoms with Gasteiger partial charge in [-0.1, -0.05) is 6.07 Å². The lowest BCUT2D eigenvalue weighted by molar-refractivity contribution is -0.137. The number of benzene rings is 1. The molecule has 0 atom stereocenters. The van der Waals surface area contributed by atoms with Crippen LogP contribution >= 0.6 is 0 Å². The first-order chi connectivity index (χ1) is 8.75. The van der Waals surface area contributed by atoms with E-state index in [1.165, 1.54) is 0 Å². The van der Waals surface area contributed by atoms with E-state index >= 15 is 0 Å². The molecule has 0 saturated heterocycles. The molecule has 0 radical (unpaired) electrons. The summed E-state index contributed by atoms with van der Waals surface area (Å²) < 4.78 is 5.56. The quantitative estimate of drug-likeness (QED) is 0.795. The topological polar surface area (TPSA) is 59.4 Å². The van der Waals surface area contributed by atoms with Crippen LogP contribution in [0.15, 0.2) is 36.5 Å². The molecule has 4 heteroatoms. The number of nitrogens with zero attached hydrogens (tertiary/aromatic N) is 1. The van der Waals surface area contributed by atoms with E-state index in [1.54, 1.807) is 6.20 Å². The molecule has 0 aliphatic heterocycles. The Morgan fingerprint density at radius 2 is 2.17 bits per heavy atom. The standard InChI is InChI=1S/C14H15NO3/c16-14(17)5-1-2-9-18-12-7-6-11-4-3-8-15-13(11)10-12/h3-4,6-8,10H,1-2,5,9H2,(H,16,17). The van der Waals surface area contributed by atoms with Crippen molar-refractivity contribution >= 4 is 16.9 Å². The van der Waals surface area contributed by atoms with E-state index < -0.39 is 5.97 Å². The second kappa shape index (κ2) is 6.00. The molecule has 0 aliphatic carbocycles. The number of hydrogen-bond donors (Lipinski definition) is 1. The molecule has 0 amide bonds.